The second-order valence-electron chi connectivity index (χ2n) is 8.59. The summed E-state index contributed by atoms with van der Waals surface area (Å²) in [4.78, 5) is 16.3. The molecule has 1 aromatic heterocycles. The Morgan fingerprint density at radius 3 is 2.42 bits per heavy atom. The SMILES string of the molecule is CCCCc1ccc(COc2nc(C(F)(F)F)ccc2CNC(=O)C(C)c2ccc(N)c(F)c2)cc1. The number of carbonyl (C=O) groups excluding carboxylic acids is 1. The van der Waals surface area contributed by atoms with Crippen molar-refractivity contribution < 1.29 is 27.1 Å². The molecule has 0 aliphatic heterocycles. The highest BCUT2D eigenvalue weighted by Crippen LogP contribution is 2.30. The Hall–Kier alpha value is -3.62. The number of aromatic nitrogens is 1. The number of halogens is 4. The summed E-state index contributed by atoms with van der Waals surface area (Å²) < 4.78 is 59.2. The highest BCUT2D eigenvalue weighted by atomic mass is 19.4. The quantitative estimate of drug-likeness (QED) is 0.257. The summed E-state index contributed by atoms with van der Waals surface area (Å²) in [6, 6.07) is 13.8. The number of rotatable bonds is 10. The van der Waals surface area contributed by atoms with Crippen molar-refractivity contribution in [2.75, 3.05) is 5.73 Å². The highest BCUT2D eigenvalue weighted by Gasteiger charge is 2.33. The van der Waals surface area contributed by atoms with E-state index in [9.17, 15) is 22.4 Å². The van der Waals surface area contributed by atoms with Crippen LogP contribution in [-0.2, 0) is 30.5 Å². The molecule has 1 heterocycles. The lowest BCUT2D eigenvalue weighted by atomic mass is 9.99. The molecular weight excluding hydrogens is 474 g/mol. The maximum Gasteiger partial charge on any atom is 0.433 e. The van der Waals surface area contributed by atoms with Gasteiger partial charge in [0.2, 0.25) is 11.8 Å². The van der Waals surface area contributed by atoms with Gasteiger partial charge < -0.3 is 15.8 Å². The molecule has 0 aliphatic rings. The fraction of sp³-hybridized carbons (Fsp3) is 0.333. The van der Waals surface area contributed by atoms with Gasteiger partial charge in [0.15, 0.2) is 0 Å². The van der Waals surface area contributed by atoms with Crippen LogP contribution < -0.4 is 15.8 Å². The minimum atomic E-state index is -4.64. The van der Waals surface area contributed by atoms with E-state index in [1.54, 1.807) is 13.0 Å². The number of hydrogen-bond donors (Lipinski definition) is 2. The molecule has 36 heavy (non-hydrogen) atoms. The van der Waals surface area contributed by atoms with Gasteiger partial charge in [-0.15, -0.1) is 0 Å². The Morgan fingerprint density at radius 2 is 1.78 bits per heavy atom. The van der Waals surface area contributed by atoms with Gasteiger partial charge in [0, 0.05) is 12.1 Å². The number of pyridine rings is 1. The topological polar surface area (TPSA) is 77.2 Å². The van der Waals surface area contributed by atoms with Crippen molar-refractivity contribution in [3.05, 3.63) is 88.4 Å². The molecule has 1 unspecified atom stereocenters. The minimum Gasteiger partial charge on any atom is -0.473 e. The number of nitrogens with two attached hydrogens (primary N) is 1. The molecule has 1 atom stereocenters. The first-order chi connectivity index (χ1) is 17.1. The molecule has 3 N–H and O–H groups in total. The molecule has 1 amide bonds. The van der Waals surface area contributed by atoms with Crippen LogP contribution in [0.3, 0.4) is 0 Å². The molecule has 3 rings (SSSR count). The summed E-state index contributed by atoms with van der Waals surface area (Å²) >= 11 is 0. The van der Waals surface area contributed by atoms with E-state index in [4.69, 9.17) is 10.5 Å². The lowest BCUT2D eigenvalue weighted by Gasteiger charge is -2.16. The van der Waals surface area contributed by atoms with Crippen LogP contribution in [0.25, 0.3) is 0 Å². The fourth-order valence-electron chi connectivity index (χ4n) is 3.52. The molecular formula is C27H29F4N3O2. The molecule has 0 fully saturated rings. The maximum absolute atomic E-state index is 13.8. The van der Waals surface area contributed by atoms with Crippen LogP contribution in [0.2, 0.25) is 0 Å². The van der Waals surface area contributed by atoms with E-state index in [0.29, 0.717) is 5.56 Å². The lowest BCUT2D eigenvalue weighted by molar-refractivity contribution is -0.141. The Bertz CT molecular complexity index is 1180. The van der Waals surface area contributed by atoms with Crippen molar-refractivity contribution in [1.82, 2.24) is 10.3 Å². The summed E-state index contributed by atoms with van der Waals surface area (Å²) in [6.07, 6.45) is -1.53. The Morgan fingerprint density at radius 1 is 1.08 bits per heavy atom. The van der Waals surface area contributed by atoms with E-state index >= 15 is 0 Å². The first kappa shape index (κ1) is 27.0. The lowest BCUT2D eigenvalue weighted by Crippen LogP contribution is -2.28. The third-order valence-electron chi connectivity index (χ3n) is 5.82. The Balaban J connectivity index is 1.72. The standard InChI is InChI=1S/C27H29F4N3O2/c1-3-4-5-18-6-8-19(9-7-18)16-36-26-21(11-13-24(34-26)27(29,30)31)15-33-25(35)17(2)20-10-12-23(32)22(28)14-20/h6-14,17H,3-5,15-16,32H2,1-2H3,(H,33,35). The number of anilines is 1. The molecule has 0 saturated heterocycles. The van der Waals surface area contributed by atoms with Crippen molar-refractivity contribution in [3.63, 3.8) is 0 Å². The van der Waals surface area contributed by atoms with Crippen LogP contribution >= 0.6 is 0 Å². The van der Waals surface area contributed by atoms with Gasteiger partial charge in [0.25, 0.3) is 0 Å². The summed E-state index contributed by atoms with van der Waals surface area (Å²) in [5.41, 5.74) is 7.02. The number of alkyl halides is 3. The van der Waals surface area contributed by atoms with Crippen LogP contribution in [0.4, 0.5) is 23.2 Å². The van der Waals surface area contributed by atoms with Crippen LogP contribution in [0, 0.1) is 5.82 Å². The van der Waals surface area contributed by atoms with E-state index in [0.717, 1.165) is 30.9 Å². The zero-order chi connectivity index (χ0) is 26.3. The van der Waals surface area contributed by atoms with Crippen molar-refractivity contribution in [2.24, 2.45) is 0 Å². The molecule has 0 spiro atoms. The molecule has 0 radical (unpaired) electrons. The summed E-state index contributed by atoms with van der Waals surface area (Å²) in [5.74, 6) is -2.00. The van der Waals surface area contributed by atoms with Gasteiger partial charge in [-0.3, -0.25) is 4.79 Å². The number of nitrogen functional groups attached to an aromatic ring is 1. The Kier molecular flexibility index (Phi) is 8.90. The second-order valence-corrected chi connectivity index (χ2v) is 8.59. The van der Waals surface area contributed by atoms with E-state index in [2.05, 4.69) is 17.2 Å². The van der Waals surface area contributed by atoms with Crippen LogP contribution in [0.15, 0.2) is 54.6 Å². The monoisotopic (exact) mass is 503 g/mol. The molecule has 2 aromatic carbocycles. The number of carbonyl (C=O) groups is 1. The molecule has 0 saturated carbocycles. The molecule has 5 nitrogen and oxygen atoms in total. The van der Waals surface area contributed by atoms with Gasteiger partial charge >= 0.3 is 6.18 Å². The van der Waals surface area contributed by atoms with E-state index < -0.39 is 29.5 Å². The maximum atomic E-state index is 13.8. The number of nitrogens with zero attached hydrogens (tertiary/aromatic N) is 1. The molecule has 3 aromatic rings. The van der Waals surface area contributed by atoms with E-state index in [1.165, 1.54) is 23.8 Å². The van der Waals surface area contributed by atoms with Gasteiger partial charge in [0.1, 0.15) is 18.1 Å². The minimum absolute atomic E-state index is 0.0183. The molecule has 9 heteroatoms. The van der Waals surface area contributed by atoms with Crippen molar-refractivity contribution in [2.45, 2.75) is 58.4 Å². The summed E-state index contributed by atoms with van der Waals surface area (Å²) in [7, 11) is 0. The molecule has 0 aliphatic carbocycles. The zero-order valence-corrected chi connectivity index (χ0v) is 20.2. The smallest absolute Gasteiger partial charge is 0.433 e. The summed E-state index contributed by atoms with van der Waals surface area (Å²) in [6.45, 7) is 3.61. The molecule has 192 valence electrons. The number of amides is 1. The van der Waals surface area contributed by atoms with Crippen LogP contribution in [0.1, 0.15) is 60.6 Å². The van der Waals surface area contributed by atoms with Crippen LogP contribution in [0.5, 0.6) is 5.88 Å². The second kappa shape index (κ2) is 11.9. The number of aryl methyl sites for hydroxylation is 1. The van der Waals surface area contributed by atoms with Crippen molar-refractivity contribution in [3.8, 4) is 5.88 Å². The molecule has 0 bridgehead atoms. The number of nitrogens with one attached hydrogen (secondary N) is 1. The predicted molar refractivity (Wildman–Crippen MR) is 130 cm³/mol. The predicted octanol–water partition coefficient (Wildman–Crippen LogP) is 6.16. The average molecular weight is 504 g/mol. The van der Waals surface area contributed by atoms with Gasteiger partial charge in [-0.2, -0.15) is 13.2 Å². The Labute approximate surface area is 207 Å². The van der Waals surface area contributed by atoms with Gasteiger partial charge in [0.05, 0.1) is 11.6 Å². The van der Waals surface area contributed by atoms with E-state index in [-0.39, 0.29) is 30.3 Å². The largest absolute Gasteiger partial charge is 0.473 e. The van der Waals surface area contributed by atoms with Gasteiger partial charge in [-0.1, -0.05) is 43.7 Å². The number of hydrogen-bond acceptors (Lipinski definition) is 4. The normalized spacial score (nSPS) is 12.3. The number of unbranched alkanes of at least 4 members (excludes halogenated alkanes) is 1. The fourth-order valence-corrected chi connectivity index (χ4v) is 3.52. The van der Waals surface area contributed by atoms with Crippen LogP contribution in [-0.4, -0.2) is 10.9 Å². The third kappa shape index (κ3) is 7.19. The van der Waals surface area contributed by atoms with Crippen molar-refractivity contribution in [1.29, 1.82) is 0 Å². The highest BCUT2D eigenvalue weighted by molar-refractivity contribution is 5.83. The number of benzene rings is 2. The van der Waals surface area contributed by atoms with E-state index in [1.807, 2.05) is 24.3 Å². The van der Waals surface area contributed by atoms with Crippen molar-refractivity contribution >= 4 is 11.6 Å². The first-order valence-corrected chi connectivity index (χ1v) is 11.7. The third-order valence-corrected chi connectivity index (χ3v) is 5.82. The average Bonchev–Trinajstić information content (AvgIpc) is 2.86. The van der Waals surface area contributed by atoms with Gasteiger partial charge in [-0.05, 0) is 60.7 Å². The summed E-state index contributed by atoms with van der Waals surface area (Å²) in [5, 5.41) is 2.66. The number of ether oxygens (including phenoxy) is 1. The zero-order valence-electron chi connectivity index (χ0n) is 20.2. The first-order valence-electron chi connectivity index (χ1n) is 11.7. The van der Waals surface area contributed by atoms with Gasteiger partial charge in [-0.25, -0.2) is 9.37 Å².